The fourth-order valence-electron chi connectivity index (χ4n) is 2.49. The summed E-state index contributed by atoms with van der Waals surface area (Å²) in [5.74, 6) is 2.96. The van der Waals surface area contributed by atoms with Crippen LogP contribution in [0.3, 0.4) is 0 Å². The normalized spacial score (nSPS) is 25.6. The van der Waals surface area contributed by atoms with Crippen molar-refractivity contribution in [3.8, 4) is 0 Å². The van der Waals surface area contributed by atoms with Crippen molar-refractivity contribution in [3.05, 3.63) is 15.6 Å². The standard InChI is InChI=1S/C12H18IN3/c1-2-8-4-3-5-9(6-8)12-15-7-10(13)11(14)16-12/h7-9H,2-6H2,1H3,(H2,14,15,16). The van der Waals surface area contributed by atoms with Gasteiger partial charge in [-0.25, -0.2) is 9.97 Å². The van der Waals surface area contributed by atoms with E-state index in [1.165, 1.54) is 32.1 Å². The van der Waals surface area contributed by atoms with Gasteiger partial charge >= 0.3 is 0 Å². The van der Waals surface area contributed by atoms with Crippen LogP contribution in [-0.4, -0.2) is 9.97 Å². The van der Waals surface area contributed by atoms with Crippen LogP contribution >= 0.6 is 22.6 Å². The van der Waals surface area contributed by atoms with Gasteiger partial charge in [-0.05, 0) is 41.4 Å². The Morgan fingerprint density at radius 3 is 3.00 bits per heavy atom. The van der Waals surface area contributed by atoms with Crippen molar-refractivity contribution in [3.63, 3.8) is 0 Å². The summed E-state index contributed by atoms with van der Waals surface area (Å²) in [7, 11) is 0. The number of nitrogen functional groups attached to an aromatic ring is 1. The molecular weight excluding hydrogens is 313 g/mol. The van der Waals surface area contributed by atoms with Gasteiger partial charge in [-0.15, -0.1) is 0 Å². The summed E-state index contributed by atoms with van der Waals surface area (Å²) in [5, 5.41) is 0. The zero-order valence-electron chi connectivity index (χ0n) is 9.62. The molecule has 1 saturated carbocycles. The third-order valence-corrected chi connectivity index (χ3v) is 4.35. The lowest BCUT2D eigenvalue weighted by atomic mass is 9.80. The van der Waals surface area contributed by atoms with E-state index in [0.717, 1.165) is 15.3 Å². The first-order valence-electron chi connectivity index (χ1n) is 5.98. The topological polar surface area (TPSA) is 51.8 Å². The first-order valence-corrected chi connectivity index (χ1v) is 7.06. The highest BCUT2D eigenvalue weighted by Crippen LogP contribution is 2.36. The minimum atomic E-state index is 0.526. The molecule has 0 spiro atoms. The molecule has 1 aromatic heterocycles. The van der Waals surface area contributed by atoms with Gasteiger partial charge in [0.15, 0.2) is 0 Å². The highest BCUT2D eigenvalue weighted by atomic mass is 127. The lowest BCUT2D eigenvalue weighted by molar-refractivity contribution is 0.307. The Morgan fingerprint density at radius 2 is 2.31 bits per heavy atom. The van der Waals surface area contributed by atoms with Crippen molar-refractivity contribution in [2.75, 3.05) is 5.73 Å². The highest BCUT2D eigenvalue weighted by molar-refractivity contribution is 14.1. The number of hydrogen-bond donors (Lipinski definition) is 1. The minimum absolute atomic E-state index is 0.526. The largest absolute Gasteiger partial charge is 0.383 e. The molecule has 0 saturated heterocycles. The summed E-state index contributed by atoms with van der Waals surface area (Å²) in [4.78, 5) is 8.86. The number of rotatable bonds is 2. The van der Waals surface area contributed by atoms with Crippen LogP contribution in [0.1, 0.15) is 50.8 Å². The summed E-state index contributed by atoms with van der Waals surface area (Å²) in [6.45, 7) is 2.27. The first-order chi connectivity index (χ1) is 7.70. The van der Waals surface area contributed by atoms with E-state index in [1.807, 2.05) is 6.20 Å². The Morgan fingerprint density at radius 1 is 1.50 bits per heavy atom. The molecule has 4 heteroatoms. The van der Waals surface area contributed by atoms with Crippen LogP contribution in [0.15, 0.2) is 6.20 Å². The van der Waals surface area contributed by atoms with Crippen molar-refractivity contribution in [2.45, 2.75) is 44.9 Å². The average Bonchev–Trinajstić information content (AvgIpc) is 2.33. The van der Waals surface area contributed by atoms with E-state index in [9.17, 15) is 0 Å². The quantitative estimate of drug-likeness (QED) is 0.846. The third-order valence-electron chi connectivity index (χ3n) is 3.52. The van der Waals surface area contributed by atoms with E-state index in [4.69, 9.17) is 5.73 Å². The van der Waals surface area contributed by atoms with Crippen LogP contribution in [0.2, 0.25) is 0 Å². The highest BCUT2D eigenvalue weighted by Gasteiger charge is 2.24. The van der Waals surface area contributed by atoms with Crippen LogP contribution < -0.4 is 5.73 Å². The smallest absolute Gasteiger partial charge is 0.140 e. The Labute approximate surface area is 110 Å². The van der Waals surface area contributed by atoms with Crippen molar-refractivity contribution < 1.29 is 0 Å². The van der Waals surface area contributed by atoms with E-state index in [-0.39, 0.29) is 0 Å². The molecule has 88 valence electrons. The van der Waals surface area contributed by atoms with Gasteiger partial charge in [0.2, 0.25) is 0 Å². The predicted molar refractivity (Wildman–Crippen MR) is 74.2 cm³/mol. The van der Waals surface area contributed by atoms with Gasteiger partial charge in [0.25, 0.3) is 0 Å². The maximum absolute atomic E-state index is 5.84. The molecule has 0 aromatic carbocycles. The second-order valence-electron chi connectivity index (χ2n) is 4.60. The van der Waals surface area contributed by atoms with Gasteiger partial charge in [0, 0.05) is 12.1 Å². The molecule has 2 rings (SSSR count). The molecule has 3 nitrogen and oxygen atoms in total. The number of aromatic nitrogens is 2. The SMILES string of the molecule is CCC1CCCC(c2ncc(I)c(N)n2)C1. The molecule has 1 aliphatic rings. The summed E-state index contributed by atoms with van der Waals surface area (Å²) in [5.41, 5.74) is 5.84. The molecule has 1 aliphatic carbocycles. The zero-order valence-corrected chi connectivity index (χ0v) is 11.8. The Kier molecular flexibility index (Phi) is 4.00. The molecule has 0 amide bonds. The maximum Gasteiger partial charge on any atom is 0.140 e. The van der Waals surface area contributed by atoms with Crippen LogP contribution in [0, 0.1) is 9.49 Å². The van der Waals surface area contributed by atoms with E-state index < -0.39 is 0 Å². The number of nitrogens with two attached hydrogens (primary N) is 1. The molecule has 0 bridgehead atoms. The molecule has 2 unspecified atom stereocenters. The number of nitrogens with zero attached hydrogens (tertiary/aromatic N) is 2. The van der Waals surface area contributed by atoms with E-state index in [1.54, 1.807) is 0 Å². The first kappa shape index (κ1) is 12.1. The fraction of sp³-hybridized carbons (Fsp3) is 0.667. The monoisotopic (exact) mass is 331 g/mol. The van der Waals surface area contributed by atoms with Gasteiger partial charge < -0.3 is 5.73 Å². The Hall–Kier alpha value is -0.390. The molecule has 0 radical (unpaired) electrons. The predicted octanol–water partition coefficient (Wildman–Crippen LogP) is 3.35. The molecule has 0 aliphatic heterocycles. The summed E-state index contributed by atoms with van der Waals surface area (Å²) >= 11 is 2.17. The third kappa shape index (κ3) is 2.64. The molecule has 2 atom stereocenters. The van der Waals surface area contributed by atoms with Crippen molar-refractivity contribution in [1.29, 1.82) is 0 Å². The molecule has 1 heterocycles. The number of halogens is 1. The van der Waals surface area contributed by atoms with Gasteiger partial charge in [0.05, 0.1) is 3.57 Å². The second-order valence-corrected chi connectivity index (χ2v) is 5.76. The van der Waals surface area contributed by atoms with Crippen LogP contribution in [0.5, 0.6) is 0 Å². The number of anilines is 1. The minimum Gasteiger partial charge on any atom is -0.383 e. The van der Waals surface area contributed by atoms with E-state index in [0.29, 0.717) is 11.7 Å². The van der Waals surface area contributed by atoms with Crippen LogP contribution in [-0.2, 0) is 0 Å². The lowest BCUT2D eigenvalue weighted by Gasteiger charge is -2.27. The molecule has 1 aromatic rings. The van der Waals surface area contributed by atoms with E-state index in [2.05, 4.69) is 39.5 Å². The Balaban J connectivity index is 2.13. The number of hydrogen-bond acceptors (Lipinski definition) is 3. The van der Waals surface area contributed by atoms with Gasteiger partial charge in [-0.3, -0.25) is 0 Å². The summed E-state index contributed by atoms with van der Waals surface area (Å²) < 4.78 is 0.948. The molecule has 1 fully saturated rings. The van der Waals surface area contributed by atoms with Gasteiger partial charge in [0.1, 0.15) is 11.6 Å². The maximum atomic E-state index is 5.84. The Bertz CT molecular complexity index is 367. The van der Waals surface area contributed by atoms with Crippen molar-refractivity contribution in [1.82, 2.24) is 9.97 Å². The summed E-state index contributed by atoms with van der Waals surface area (Å²) in [6, 6.07) is 0. The van der Waals surface area contributed by atoms with E-state index >= 15 is 0 Å². The fourth-order valence-corrected chi connectivity index (χ4v) is 2.75. The summed E-state index contributed by atoms with van der Waals surface area (Å²) in [6.07, 6.45) is 8.24. The zero-order chi connectivity index (χ0) is 11.5. The molecule has 2 N–H and O–H groups in total. The van der Waals surface area contributed by atoms with Crippen molar-refractivity contribution >= 4 is 28.4 Å². The lowest BCUT2D eigenvalue weighted by Crippen LogP contribution is -2.16. The van der Waals surface area contributed by atoms with Gasteiger partial charge in [-0.1, -0.05) is 26.2 Å². The second kappa shape index (κ2) is 5.29. The van der Waals surface area contributed by atoms with Gasteiger partial charge in [-0.2, -0.15) is 0 Å². The molecule has 16 heavy (non-hydrogen) atoms. The van der Waals surface area contributed by atoms with Crippen LogP contribution in [0.25, 0.3) is 0 Å². The van der Waals surface area contributed by atoms with Crippen molar-refractivity contribution in [2.24, 2.45) is 5.92 Å². The van der Waals surface area contributed by atoms with Crippen LogP contribution in [0.4, 0.5) is 5.82 Å². The average molecular weight is 331 g/mol. The molecular formula is C12H18IN3.